The third kappa shape index (κ3) is 4.53. The van der Waals surface area contributed by atoms with Crippen molar-refractivity contribution in [3.63, 3.8) is 0 Å². The van der Waals surface area contributed by atoms with Gasteiger partial charge in [-0.05, 0) is 30.5 Å². The van der Waals surface area contributed by atoms with Gasteiger partial charge in [-0.2, -0.15) is 0 Å². The molecular formula is C12H14N4OS2. The van der Waals surface area contributed by atoms with Crippen LogP contribution in [0.2, 0.25) is 0 Å². The molecule has 0 unspecified atom stereocenters. The number of carbonyl (C=O) groups is 1. The summed E-state index contributed by atoms with van der Waals surface area (Å²) in [7, 11) is 0. The number of H-pyrrole nitrogens is 1. The van der Waals surface area contributed by atoms with Crippen molar-refractivity contribution in [2.75, 3.05) is 12.3 Å². The summed E-state index contributed by atoms with van der Waals surface area (Å²) < 4.78 is 0. The number of hydrogen-bond acceptors (Lipinski definition) is 5. The first kappa shape index (κ1) is 13.8. The second-order valence-electron chi connectivity index (χ2n) is 3.59. The van der Waals surface area contributed by atoms with E-state index >= 15 is 0 Å². The molecule has 2 N–H and O–H groups in total. The Morgan fingerprint density at radius 2 is 2.47 bits per heavy atom. The zero-order valence-electron chi connectivity index (χ0n) is 10.4. The molecule has 0 aliphatic heterocycles. The van der Waals surface area contributed by atoms with Gasteiger partial charge in [-0.3, -0.25) is 9.89 Å². The number of aromatic nitrogens is 3. The maximum Gasteiger partial charge on any atom is 0.230 e. The molecule has 0 aliphatic carbocycles. The Hall–Kier alpha value is -1.60. The van der Waals surface area contributed by atoms with E-state index in [-0.39, 0.29) is 5.91 Å². The molecule has 2 rings (SSSR count). The Morgan fingerprint density at radius 3 is 3.21 bits per heavy atom. The van der Waals surface area contributed by atoms with Crippen molar-refractivity contribution in [3.8, 4) is 0 Å². The third-order valence-corrected chi connectivity index (χ3v) is 3.82. The molecule has 0 saturated heterocycles. The van der Waals surface area contributed by atoms with Crippen molar-refractivity contribution in [2.24, 2.45) is 0 Å². The lowest BCUT2D eigenvalue weighted by Crippen LogP contribution is -2.24. The van der Waals surface area contributed by atoms with Gasteiger partial charge in [-0.25, -0.2) is 4.98 Å². The first-order chi connectivity index (χ1) is 9.28. The second kappa shape index (κ2) is 7.10. The molecule has 5 nitrogen and oxygen atoms in total. The van der Waals surface area contributed by atoms with Crippen molar-refractivity contribution in [1.29, 1.82) is 0 Å². The molecule has 100 valence electrons. The summed E-state index contributed by atoms with van der Waals surface area (Å²) in [6.07, 6.45) is 3.85. The highest BCUT2D eigenvalue weighted by atomic mass is 32.2. The van der Waals surface area contributed by atoms with Crippen LogP contribution in [0.3, 0.4) is 0 Å². The van der Waals surface area contributed by atoms with Gasteiger partial charge >= 0.3 is 0 Å². The maximum atomic E-state index is 11.3. The molecule has 19 heavy (non-hydrogen) atoms. The summed E-state index contributed by atoms with van der Waals surface area (Å²) in [6.45, 7) is 2.53. The number of hydrogen-bond donors (Lipinski definition) is 2. The molecule has 2 aromatic heterocycles. The van der Waals surface area contributed by atoms with Crippen LogP contribution in [0.15, 0.2) is 22.7 Å². The molecule has 0 bridgehead atoms. The van der Waals surface area contributed by atoms with E-state index in [1.807, 2.05) is 36.6 Å². The Kier molecular flexibility index (Phi) is 5.17. The number of amides is 1. The topological polar surface area (TPSA) is 70.7 Å². The Morgan fingerprint density at radius 1 is 1.58 bits per heavy atom. The van der Waals surface area contributed by atoms with Crippen LogP contribution in [-0.2, 0) is 4.79 Å². The first-order valence-corrected chi connectivity index (χ1v) is 7.68. The van der Waals surface area contributed by atoms with Gasteiger partial charge in [0.1, 0.15) is 5.82 Å². The molecule has 2 aromatic rings. The minimum atomic E-state index is -0.00650. The second-order valence-corrected chi connectivity index (χ2v) is 5.52. The Labute approximate surface area is 119 Å². The van der Waals surface area contributed by atoms with Crippen molar-refractivity contribution >= 4 is 41.2 Å². The molecule has 2 heterocycles. The summed E-state index contributed by atoms with van der Waals surface area (Å²) >= 11 is 2.98. The molecule has 0 fully saturated rings. The van der Waals surface area contributed by atoms with Crippen LogP contribution in [-0.4, -0.2) is 33.4 Å². The van der Waals surface area contributed by atoms with Crippen LogP contribution in [0.1, 0.15) is 17.6 Å². The molecule has 7 heteroatoms. The third-order valence-electron chi connectivity index (χ3n) is 2.14. The molecule has 0 atom stereocenters. The smallest absolute Gasteiger partial charge is 0.230 e. The molecule has 0 radical (unpaired) electrons. The molecule has 1 amide bonds. The fourth-order valence-corrected chi connectivity index (χ4v) is 2.58. The highest BCUT2D eigenvalue weighted by Gasteiger charge is 2.05. The summed E-state index contributed by atoms with van der Waals surface area (Å²) in [6, 6.07) is 4.03. The van der Waals surface area contributed by atoms with Crippen LogP contribution in [0.5, 0.6) is 0 Å². The van der Waals surface area contributed by atoms with Gasteiger partial charge < -0.3 is 5.32 Å². The van der Waals surface area contributed by atoms with Gasteiger partial charge in [0.25, 0.3) is 0 Å². The van der Waals surface area contributed by atoms with Crippen LogP contribution in [0.4, 0.5) is 0 Å². The molecule has 0 aromatic carbocycles. The molecule has 0 aliphatic rings. The van der Waals surface area contributed by atoms with Crippen molar-refractivity contribution in [1.82, 2.24) is 20.5 Å². The number of thioether (sulfide) groups is 1. The lowest BCUT2D eigenvalue weighted by molar-refractivity contribution is -0.118. The quantitative estimate of drug-likeness (QED) is 0.802. The fraction of sp³-hybridized carbons (Fsp3) is 0.250. The van der Waals surface area contributed by atoms with E-state index in [0.29, 0.717) is 23.3 Å². The number of nitrogens with one attached hydrogen (secondary N) is 2. The SMILES string of the molecule is CCNC(=O)CSc1n[nH]c(C=Cc2cccs2)n1. The first-order valence-electron chi connectivity index (χ1n) is 5.81. The zero-order chi connectivity index (χ0) is 13.5. The van der Waals surface area contributed by atoms with Crippen LogP contribution in [0.25, 0.3) is 12.2 Å². The highest BCUT2D eigenvalue weighted by Crippen LogP contribution is 2.14. The van der Waals surface area contributed by atoms with Gasteiger partial charge in [0.2, 0.25) is 11.1 Å². The van der Waals surface area contributed by atoms with E-state index in [9.17, 15) is 4.79 Å². The molecule has 0 saturated carbocycles. The summed E-state index contributed by atoms with van der Waals surface area (Å²) in [5, 5.41) is 12.2. The minimum absolute atomic E-state index is 0.00650. The van der Waals surface area contributed by atoms with Crippen molar-refractivity contribution in [3.05, 3.63) is 28.2 Å². The molecule has 0 spiro atoms. The average Bonchev–Trinajstić information content (AvgIpc) is 3.06. The van der Waals surface area contributed by atoms with E-state index in [1.165, 1.54) is 11.8 Å². The van der Waals surface area contributed by atoms with Crippen molar-refractivity contribution < 1.29 is 4.79 Å². The maximum absolute atomic E-state index is 11.3. The van der Waals surface area contributed by atoms with Crippen molar-refractivity contribution in [2.45, 2.75) is 12.1 Å². The van der Waals surface area contributed by atoms with Gasteiger partial charge in [0, 0.05) is 11.4 Å². The van der Waals surface area contributed by atoms with Gasteiger partial charge in [-0.15, -0.1) is 16.4 Å². The lowest BCUT2D eigenvalue weighted by Gasteiger charge is -1.98. The van der Waals surface area contributed by atoms with Crippen LogP contribution >= 0.6 is 23.1 Å². The van der Waals surface area contributed by atoms with E-state index in [2.05, 4.69) is 20.5 Å². The highest BCUT2D eigenvalue weighted by molar-refractivity contribution is 7.99. The monoisotopic (exact) mass is 294 g/mol. The van der Waals surface area contributed by atoms with E-state index in [1.54, 1.807) is 11.3 Å². The summed E-state index contributed by atoms with van der Waals surface area (Å²) in [4.78, 5) is 16.7. The zero-order valence-corrected chi connectivity index (χ0v) is 12.1. The number of carbonyl (C=O) groups excluding carboxylic acids is 1. The lowest BCUT2D eigenvalue weighted by atomic mass is 10.4. The summed E-state index contributed by atoms with van der Waals surface area (Å²) in [5.41, 5.74) is 0. The largest absolute Gasteiger partial charge is 0.356 e. The normalized spacial score (nSPS) is 11.0. The number of aromatic amines is 1. The number of nitrogens with zero attached hydrogens (tertiary/aromatic N) is 2. The number of thiophene rings is 1. The van der Waals surface area contributed by atoms with E-state index in [0.717, 1.165) is 4.88 Å². The van der Waals surface area contributed by atoms with Crippen LogP contribution < -0.4 is 5.32 Å². The van der Waals surface area contributed by atoms with Crippen LogP contribution in [0, 0.1) is 0 Å². The fourth-order valence-electron chi connectivity index (χ4n) is 1.32. The van der Waals surface area contributed by atoms with E-state index < -0.39 is 0 Å². The minimum Gasteiger partial charge on any atom is -0.356 e. The van der Waals surface area contributed by atoms with Gasteiger partial charge in [0.05, 0.1) is 5.75 Å². The predicted octanol–water partition coefficient (Wildman–Crippen LogP) is 2.26. The summed E-state index contributed by atoms with van der Waals surface area (Å²) in [5.74, 6) is 1.01. The van der Waals surface area contributed by atoms with Gasteiger partial charge in [0.15, 0.2) is 0 Å². The predicted molar refractivity (Wildman–Crippen MR) is 79.0 cm³/mol. The standard InChI is InChI=1S/C12H14N4OS2/c1-2-13-11(17)8-19-12-14-10(15-16-12)6-5-9-4-3-7-18-9/h3-7H,2,8H2,1H3,(H,13,17)(H,14,15,16). The van der Waals surface area contributed by atoms with E-state index in [4.69, 9.17) is 0 Å². The Bertz CT molecular complexity index is 548. The number of rotatable bonds is 6. The average molecular weight is 294 g/mol. The molecular weight excluding hydrogens is 280 g/mol. The Balaban J connectivity index is 1.87. The van der Waals surface area contributed by atoms with Gasteiger partial charge in [-0.1, -0.05) is 17.8 Å².